The number of anilines is 2. The average Bonchev–Trinajstić information content (AvgIpc) is 3.25. The van der Waals surface area contributed by atoms with Crippen LogP contribution in [0.1, 0.15) is 33.4 Å². The fourth-order valence-electron chi connectivity index (χ4n) is 2.87. The Morgan fingerprint density at radius 1 is 1.10 bits per heavy atom. The Balaban J connectivity index is 1.75. The Labute approximate surface area is 180 Å². The van der Waals surface area contributed by atoms with Gasteiger partial charge in [0.1, 0.15) is 11.3 Å². The molecule has 1 aromatic heterocycles. The number of esters is 1. The first-order valence-electron chi connectivity index (χ1n) is 9.52. The summed E-state index contributed by atoms with van der Waals surface area (Å²) in [6.07, 6.45) is 1.46. The molecule has 0 aliphatic heterocycles. The predicted octanol–water partition coefficient (Wildman–Crippen LogP) is 5.07. The van der Waals surface area contributed by atoms with Crippen LogP contribution in [0.3, 0.4) is 0 Å². The highest BCUT2D eigenvalue weighted by Gasteiger charge is 2.17. The quantitative estimate of drug-likeness (QED) is 0.402. The molecule has 0 unspecified atom stereocenters. The summed E-state index contributed by atoms with van der Waals surface area (Å²) in [5.74, 6) is 0.278. The number of hydrogen-bond acceptors (Lipinski definition) is 6. The van der Waals surface area contributed by atoms with E-state index in [2.05, 4.69) is 17.1 Å². The molecule has 6 nitrogen and oxygen atoms in total. The molecule has 2 aromatic carbocycles. The van der Waals surface area contributed by atoms with Gasteiger partial charge in [-0.25, -0.2) is 4.79 Å². The number of thioether (sulfide) groups is 1. The zero-order chi connectivity index (χ0) is 21.5. The second-order valence-corrected chi connectivity index (χ2v) is 7.57. The van der Waals surface area contributed by atoms with Gasteiger partial charge in [0.15, 0.2) is 0 Å². The van der Waals surface area contributed by atoms with Crippen molar-refractivity contribution >= 4 is 35.0 Å². The lowest BCUT2D eigenvalue weighted by Gasteiger charge is -2.18. The molecule has 0 fully saturated rings. The van der Waals surface area contributed by atoms with Gasteiger partial charge in [-0.15, -0.1) is 11.8 Å². The van der Waals surface area contributed by atoms with Crippen LogP contribution in [-0.2, 0) is 10.5 Å². The second kappa shape index (κ2) is 10.0. The SMILES string of the molecule is CCN(C)c1cccc(NC(=O)c2ccccc2SCc2occc2C(=O)OC)c1. The van der Waals surface area contributed by atoms with Crippen LogP contribution in [-0.4, -0.2) is 32.6 Å². The molecule has 3 rings (SSSR count). The van der Waals surface area contributed by atoms with Gasteiger partial charge in [0, 0.05) is 29.9 Å². The lowest BCUT2D eigenvalue weighted by atomic mass is 10.2. The molecule has 0 aliphatic carbocycles. The maximum atomic E-state index is 12.9. The summed E-state index contributed by atoms with van der Waals surface area (Å²) in [6, 6.07) is 16.7. The van der Waals surface area contributed by atoms with Crippen molar-refractivity contribution in [1.29, 1.82) is 0 Å². The van der Waals surface area contributed by atoms with E-state index in [0.29, 0.717) is 22.6 Å². The lowest BCUT2D eigenvalue weighted by Crippen LogP contribution is -2.17. The molecule has 0 atom stereocenters. The molecule has 0 radical (unpaired) electrons. The largest absolute Gasteiger partial charge is 0.468 e. The fourth-order valence-corrected chi connectivity index (χ4v) is 3.87. The monoisotopic (exact) mass is 424 g/mol. The Morgan fingerprint density at radius 3 is 2.67 bits per heavy atom. The van der Waals surface area contributed by atoms with Crippen molar-refractivity contribution in [3.63, 3.8) is 0 Å². The van der Waals surface area contributed by atoms with Gasteiger partial charge in [0.05, 0.1) is 24.7 Å². The molecule has 7 heteroatoms. The number of rotatable bonds is 8. The van der Waals surface area contributed by atoms with Gasteiger partial charge in [-0.1, -0.05) is 18.2 Å². The van der Waals surface area contributed by atoms with Crippen LogP contribution < -0.4 is 10.2 Å². The van der Waals surface area contributed by atoms with E-state index >= 15 is 0 Å². The van der Waals surface area contributed by atoms with E-state index < -0.39 is 5.97 Å². The Kier molecular flexibility index (Phi) is 7.19. The summed E-state index contributed by atoms with van der Waals surface area (Å²) in [5.41, 5.74) is 2.72. The van der Waals surface area contributed by atoms with E-state index in [1.165, 1.54) is 25.1 Å². The van der Waals surface area contributed by atoms with E-state index in [1.807, 2.05) is 49.5 Å². The van der Waals surface area contributed by atoms with Crippen molar-refractivity contribution in [2.75, 3.05) is 30.9 Å². The van der Waals surface area contributed by atoms with Crippen LogP contribution >= 0.6 is 11.8 Å². The predicted molar refractivity (Wildman–Crippen MR) is 119 cm³/mol. The van der Waals surface area contributed by atoms with Gasteiger partial charge in [0.2, 0.25) is 0 Å². The molecule has 0 saturated heterocycles. The van der Waals surface area contributed by atoms with Crippen LogP contribution in [0.5, 0.6) is 0 Å². The van der Waals surface area contributed by atoms with Crippen molar-refractivity contribution in [1.82, 2.24) is 0 Å². The Hall–Kier alpha value is -3.19. The second-order valence-electron chi connectivity index (χ2n) is 6.55. The van der Waals surface area contributed by atoms with Crippen molar-refractivity contribution in [2.24, 2.45) is 0 Å². The average molecular weight is 425 g/mol. The zero-order valence-electron chi connectivity index (χ0n) is 17.2. The first-order valence-corrected chi connectivity index (χ1v) is 10.5. The summed E-state index contributed by atoms with van der Waals surface area (Å²) in [4.78, 5) is 27.7. The Morgan fingerprint density at radius 2 is 1.90 bits per heavy atom. The summed E-state index contributed by atoms with van der Waals surface area (Å²) in [6.45, 7) is 2.95. The molecule has 1 N–H and O–H groups in total. The Bertz CT molecular complexity index is 1030. The van der Waals surface area contributed by atoms with Crippen LogP contribution in [0.4, 0.5) is 11.4 Å². The minimum absolute atomic E-state index is 0.193. The van der Waals surface area contributed by atoms with Gasteiger partial charge in [-0.05, 0) is 43.3 Å². The van der Waals surface area contributed by atoms with Crippen LogP contribution in [0.25, 0.3) is 0 Å². The zero-order valence-corrected chi connectivity index (χ0v) is 18.0. The first-order chi connectivity index (χ1) is 14.5. The number of furan rings is 1. The molecule has 30 heavy (non-hydrogen) atoms. The number of hydrogen-bond donors (Lipinski definition) is 1. The van der Waals surface area contributed by atoms with Crippen LogP contribution in [0, 0.1) is 0 Å². The standard InChI is InChI=1S/C23H24N2O4S/c1-4-25(2)17-9-7-8-16(14-17)24-22(26)19-10-5-6-11-21(19)30-15-20-18(12-13-29-20)23(27)28-3/h5-14H,4,15H2,1-3H3,(H,24,26). The van der Waals surface area contributed by atoms with Gasteiger partial charge >= 0.3 is 5.97 Å². The summed E-state index contributed by atoms with van der Waals surface area (Å²) < 4.78 is 10.2. The van der Waals surface area contributed by atoms with E-state index in [4.69, 9.17) is 9.15 Å². The molecule has 156 valence electrons. The molecular weight excluding hydrogens is 400 g/mol. The highest BCUT2D eigenvalue weighted by atomic mass is 32.2. The maximum absolute atomic E-state index is 12.9. The number of amides is 1. The van der Waals surface area contributed by atoms with E-state index in [-0.39, 0.29) is 5.91 Å². The van der Waals surface area contributed by atoms with Gasteiger partial charge in [0.25, 0.3) is 5.91 Å². The number of benzene rings is 2. The van der Waals surface area contributed by atoms with E-state index in [9.17, 15) is 9.59 Å². The van der Waals surface area contributed by atoms with Crippen molar-refractivity contribution in [3.05, 3.63) is 77.7 Å². The summed E-state index contributed by atoms with van der Waals surface area (Å²) >= 11 is 1.43. The molecular formula is C23H24N2O4S. The topological polar surface area (TPSA) is 71.8 Å². The third-order valence-corrected chi connectivity index (χ3v) is 5.73. The molecule has 0 aliphatic rings. The van der Waals surface area contributed by atoms with E-state index in [0.717, 1.165) is 22.8 Å². The molecule has 3 aromatic rings. The smallest absolute Gasteiger partial charge is 0.341 e. The number of carbonyl (C=O) groups excluding carboxylic acids is 2. The first kappa shape index (κ1) is 21.5. The van der Waals surface area contributed by atoms with Crippen LogP contribution in [0.15, 0.2) is 70.2 Å². The number of nitrogens with one attached hydrogen (secondary N) is 1. The van der Waals surface area contributed by atoms with E-state index in [1.54, 1.807) is 12.1 Å². The third-order valence-electron chi connectivity index (χ3n) is 4.66. The third kappa shape index (κ3) is 5.04. The molecule has 0 bridgehead atoms. The molecule has 0 spiro atoms. The molecule has 1 amide bonds. The maximum Gasteiger partial charge on any atom is 0.341 e. The minimum Gasteiger partial charge on any atom is -0.468 e. The van der Waals surface area contributed by atoms with Crippen molar-refractivity contribution < 1.29 is 18.7 Å². The van der Waals surface area contributed by atoms with Crippen molar-refractivity contribution in [2.45, 2.75) is 17.6 Å². The highest BCUT2D eigenvalue weighted by Crippen LogP contribution is 2.29. The summed E-state index contributed by atoms with van der Waals surface area (Å²) in [5, 5.41) is 2.97. The van der Waals surface area contributed by atoms with Crippen LogP contribution in [0.2, 0.25) is 0 Å². The molecule has 1 heterocycles. The van der Waals surface area contributed by atoms with Gasteiger partial charge in [-0.3, -0.25) is 4.79 Å². The number of carbonyl (C=O) groups is 2. The fraction of sp³-hybridized carbons (Fsp3) is 0.217. The minimum atomic E-state index is -0.442. The summed E-state index contributed by atoms with van der Waals surface area (Å²) in [7, 11) is 3.34. The number of nitrogens with zero attached hydrogens (tertiary/aromatic N) is 1. The number of methoxy groups -OCH3 is 1. The van der Waals surface area contributed by atoms with Gasteiger partial charge in [-0.2, -0.15) is 0 Å². The van der Waals surface area contributed by atoms with Gasteiger partial charge < -0.3 is 19.4 Å². The highest BCUT2D eigenvalue weighted by molar-refractivity contribution is 7.98. The molecule has 0 saturated carbocycles. The lowest BCUT2D eigenvalue weighted by molar-refractivity contribution is 0.0598. The van der Waals surface area contributed by atoms with Crippen molar-refractivity contribution in [3.8, 4) is 0 Å². The normalized spacial score (nSPS) is 10.5. The number of ether oxygens (including phenoxy) is 1.